The van der Waals surface area contributed by atoms with Gasteiger partial charge in [-0.2, -0.15) is 0 Å². The second-order valence-electron chi connectivity index (χ2n) is 2.97. The monoisotopic (exact) mass is 182 g/mol. The molecule has 0 saturated carbocycles. The molecule has 0 aromatic carbocycles. The van der Waals surface area contributed by atoms with Gasteiger partial charge in [0.2, 0.25) is 0 Å². The van der Waals surface area contributed by atoms with Crippen LogP contribution in [0, 0.1) is 0 Å². The highest BCUT2D eigenvalue weighted by molar-refractivity contribution is 5.07. The normalized spacial score (nSPS) is 12.8. The van der Waals surface area contributed by atoms with Crippen LogP contribution in [0.3, 0.4) is 0 Å². The van der Waals surface area contributed by atoms with E-state index in [4.69, 9.17) is 0 Å². The first-order valence-corrected chi connectivity index (χ1v) is 4.55. The van der Waals surface area contributed by atoms with E-state index >= 15 is 0 Å². The zero-order valence-corrected chi connectivity index (χ0v) is 7.83. The third kappa shape index (κ3) is 3.51. The molecule has 0 aliphatic rings. The first-order chi connectivity index (χ1) is 6.34. The van der Waals surface area contributed by atoms with Crippen LogP contribution in [0.15, 0.2) is 24.4 Å². The van der Waals surface area contributed by atoms with E-state index in [1.54, 1.807) is 6.20 Å². The Balaban J connectivity index is 2.35. The van der Waals surface area contributed by atoms with Crippen LogP contribution in [0.1, 0.15) is 25.1 Å². The molecule has 1 rings (SSSR count). The number of alkyl halides is 1. The number of aromatic nitrogens is 1. The molecular weight excluding hydrogens is 167 g/mol. The number of hydrogen-bond acceptors (Lipinski definition) is 2. The lowest BCUT2D eigenvalue weighted by molar-refractivity contribution is 0.444. The van der Waals surface area contributed by atoms with Crippen molar-refractivity contribution < 1.29 is 4.39 Å². The summed E-state index contributed by atoms with van der Waals surface area (Å²) in [7, 11) is 0. The van der Waals surface area contributed by atoms with E-state index < -0.39 is 0 Å². The van der Waals surface area contributed by atoms with E-state index in [1.165, 1.54) is 0 Å². The maximum atomic E-state index is 11.8. The quantitative estimate of drug-likeness (QED) is 0.705. The summed E-state index contributed by atoms with van der Waals surface area (Å²) in [6, 6.07) is 6.01. The lowest BCUT2D eigenvalue weighted by atomic mass is 10.2. The lowest BCUT2D eigenvalue weighted by Crippen LogP contribution is -2.20. The van der Waals surface area contributed by atoms with Gasteiger partial charge < -0.3 is 5.32 Å². The van der Waals surface area contributed by atoms with E-state index in [9.17, 15) is 4.39 Å². The third-order valence-corrected chi connectivity index (χ3v) is 1.89. The van der Waals surface area contributed by atoms with Crippen LogP contribution in [0.25, 0.3) is 0 Å². The first kappa shape index (κ1) is 10.1. The summed E-state index contributed by atoms with van der Waals surface area (Å²) in [5.74, 6) is 0. The minimum Gasteiger partial charge on any atom is -0.309 e. The molecule has 2 nitrogen and oxygen atoms in total. The first-order valence-electron chi connectivity index (χ1n) is 4.55. The summed E-state index contributed by atoms with van der Waals surface area (Å²) in [4.78, 5) is 4.20. The number of nitrogens with one attached hydrogen (secondary N) is 1. The lowest BCUT2D eigenvalue weighted by Gasteiger charge is -2.11. The molecule has 0 aliphatic carbocycles. The van der Waals surface area contributed by atoms with Crippen molar-refractivity contribution in [3.05, 3.63) is 30.1 Å². The summed E-state index contributed by atoms with van der Waals surface area (Å²) in [6.45, 7) is 2.47. The van der Waals surface area contributed by atoms with E-state index in [2.05, 4.69) is 10.3 Å². The van der Waals surface area contributed by atoms with Gasteiger partial charge in [0, 0.05) is 12.2 Å². The Hall–Kier alpha value is -0.960. The zero-order valence-electron chi connectivity index (χ0n) is 7.83. The standard InChI is InChI=1S/C10H15FN2/c1-9(12-8-4-6-11)10-5-2-3-7-13-10/h2-3,5,7,9,12H,4,6,8H2,1H3/t9-/m0/s1. The van der Waals surface area contributed by atoms with E-state index in [-0.39, 0.29) is 12.7 Å². The molecular formula is C10H15FN2. The molecule has 0 saturated heterocycles. The van der Waals surface area contributed by atoms with Crippen molar-refractivity contribution in [2.45, 2.75) is 19.4 Å². The molecule has 0 fully saturated rings. The highest BCUT2D eigenvalue weighted by Crippen LogP contribution is 2.06. The fraction of sp³-hybridized carbons (Fsp3) is 0.500. The van der Waals surface area contributed by atoms with Crippen LogP contribution in [-0.2, 0) is 0 Å². The van der Waals surface area contributed by atoms with Crippen molar-refractivity contribution >= 4 is 0 Å². The Morgan fingerprint density at radius 2 is 2.38 bits per heavy atom. The molecule has 0 spiro atoms. The number of halogens is 1. The average molecular weight is 182 g/mol. The van der Waals surface area contributed by atoms with Gasteiger partial charge in [0.1, 0.15) is 0 Å². The zero-order chi connectivity index (χ0) is 9.52. The molecule has 0 amide bonds. The summed E-state index contributed by atoms with van der Waals surface area (Å²) < 4.78 is 11.8. The molecule has 72 valence electrons. The molecule has 1 aromatic rings. The maximum Gasteiger partial charge on any atom is 0.0906 e. The molecule has 1 heterocycles. The van der Waals surface area contributed by atoms with Gasteiger partial charge >= 0.3 is 0 Å². The van der Waals surface area contributed by atoms with Crippen LogP contribution < -0.4 is 5.32 Å². The van der Waals surface area contributed by atoms with Gasteiger partial charge in [-0.3, -0.25) is 9.37 Å². The number of hydrogen-bond donors (Lipinski definition) is 1. The van der Waals surface area contributed by atoms with Crippen LogP contribution >= 0.6 is 0 Å². The maximum absolute atomic E-state index is 11.8. The van der Waals surface area contributed by atoms with Crippen molar-refractivity contribution in [3.8, 4) is 0 Å². The van der Waals surface area contributed by atoms with Gasteiger partial charge in [-0.15, -0.1) is 0 Å². The molecule has 0 bridgehead atoms. The fourth-order valence-corrected chi connectivity index (χ4v) is 1.12. The summed E-state index contributed by atoms with van der Waals surface area (Å²) in [5.41, 5.74) is 1.00. The van der Waals surface area contributed by atoms with Gasteiger partial charge in [0.05, 0.1) is 12.4 Å². The Morgan fingerprint density at radius 1 is 1.54 bits per heavy atom. The second kappa shape index (κ2) is 5.65. The van der Waals surface area contributed by atoms with Gasteiger partial charge in [0.15, 0.2) is 0 Å². The van der Waals surface area contributed by atoms with Crippen LogP contribution in [0.5, 0.6) is 0 Å². The predicted octanol–water partition coefficient (Wildman–Crippen LogP) is 2.09. The highest BCUT2D eigenvalue weighted by Gasteiger charge is 2.03. The Kier molecular flexibility index (Phi) is 4.40. The Bertz CT molecular complexity index is 226. The van der Waals surface area contributed by atoms with Crippen LogP contribution in [0.4, 0.5) is 4.39 Å². The molecule has 13 heavy (non-hydrogen) atoms. The minimum absolute atomic E-state index is 0.202. The molecule has 0 radical (unpaired) electrons. The second-order valence-corrected chi connectivity index (χ2v) is 2.97. The minimum atomic E-state index is -0.262. The number of rotatable bonds is 5. The van der Waals surface area contributed by atoms with Crippen molar-refractivity contribution in [2.75, 3.05) is 13.2 Å². The largest absolute Gasteiger partial charge is 0.309 e. The summed E-state index contributed by atoms with van der Waals surface area (Å²) in [6.07, 6.45) is 2.33. The molecule has 1 aromatic heterocycles. The Labute approximate surface area is 78.2 Å². The highest BCUT2D eigenvalue weighted by atomic mass is 19.1. The van der Waals surface area contributed by atoms with E-state index in [0.29, 0.717) is 13.0 Å². The molecule has 1 atom stereocenters. The number of nitrogens with zero attached hydrogens (tertiary/aromatic N) is 1. The topological polar surface area (TPSA) is 24.9 Å². The van der Waals surface area contributed by atoms with Gasteiger partial charge in [-0.25, -0.2) is 0 Å². The predicted molar refractivity (Wildman–Crippen MR) is 51.2 cm³/mol. The number of pyridine rings is 1. The smallest absolute Gasteiger partial charge is 0.0906 e. The van der Waals surface area contributed by atoms with Crippen molar-refractivity contribution in [1.29, 1.82) is 0 Å². The van der Waals surface area contributed by atoms with Gasteiger partial charge in [-0.1, -0.05) is 6.07 Å². The Morgan fingerprint density at radius 3 is 3.00 bits per heavy atom. The van der Waals surface area contributed by atoms with Gasteiger partial charge in [0.25, 0.3) is 0 Å². The molecule has 0 unspecified atom stereocenters. The van der Waals surface area contributed by atoms with E-state index in [1.807, 2.05) is 25.1 Å². The SMILES string of the molecule is C[C@H](NCCCF)c1ccccn1. The van der Waals surface area contributed by atoms with E-state index in [0.717, 1.165) is 5.69 Å². The summed E-state index contributed by atoms with van der Waals surface area (Å²) >= 11 is 0. The molecule has 3 heteroatoms. The van der Waals surface area contributed by atoms with Gasteiger partial charge in [-0.05, 0) is 32.0 Å². The average Bonchev–Trinajstić information content (AvgIpc) is 2.19. The van der Waals surface area contributed by atoms with Crippen LogP contribution in [0.2, 0.25) is 0 Å². The van der Waals surface area contributed by atoms with Crippen LogP contribution in [-0.4, -0.2) is 18.2 Å². The molecule has 0 aliphatic heterocycles. The third-order valence-electron chi connectivity index (χ3n) is 1.89. The molecule has 1 N–H and O–H groups in total. The van der Waals surface area contributed by atoms with Crippen molar-refractivity contribution in [2.24, 2.45) is 0 Å². The van der Waals surface area contributed by atoms with Crippen molar-refractivity contribution in [3.63, 3.8) is 0 Å². The summed E-state index contributed by atoms with van der Waals surface area (Å²) in [5, 5.41) is 3.20. The van der Waals surface area contributed by atoms with Crippen molar-refractivity contribution in [1.82, 2.24) is 10.3 Å². The fourth-order valence-electron chi connectivity index (χ4n) is 1.12.